The Morgan fingerprint density at radius 3 is 2.88 bits per heavy atom. The molecule has 0 atom stereocenters. The monoisotopic (exact) mass is 343 g/mol. The number of halogens is 1. The second-order valence-corrected chi connectivity index (χ2v) is 5.44. The molecular formula is C16H14ClN5O2. The van der Waals surface area contributed by atoms with Crippen LogP contribution in [0.2, 0.25) is 5.02 Å². The van der Waals surface area contributed by atoms with Gasteiger partial charge in [-0.25, -0.2) is 4.68 Å². The Bertz CT molecular complexity index is 894. The van der Waals surface area contributed by atoms with Crippen molar-refractivity contribution < 1.29 is 9.90 Å². The molecule has 24 heavy (non-hydrogen) atoms. The Kier molecular flexibility index (Phi) is 4.54. The number of carbonyl (C=O) groups is 1. The van der Waals surface area contributed by atoms with Crippen LogP contribution in [-0.4, -0.2) is 31.0 Å². The van der Waals surface area contributed by atoms with Gasteiger partial charge in [0.2, 0.25) is 0 Å². The molecule has 2 aromatic heterocycles. The first-order valence-electron chi connectivity index (χ1n) is 7.14. The minimum absolute atomic E-state index is 0.169. The first kappa shape index (κ1) is 16.1. The van der Waals surface area contributed by atoms with Gasteiger partial charge in [0.05, 0.1) is 34.9 Å². The number of nitrogens with zero attached hydrogens (tertiary/aromatic N) is 4. The number of nitrogens with one attached hydrogen (secondary N) is 1. The average Bonchev–Trinajstić information content (AvgIpc) is 2.97. The summed E-state index contributed by atoms with van der Waals surface area (Å²) in [6.07, 6.45) is 3.01. The molecule has 0 radical (unpaired) electrons. The maximum absolute atomic E-state index is 12.5. The van der Waals surface area contributed by atoms with Crippen LogP contribution in [0.15, 0.2) is 42.7 Å². The summed E-state index contributed by atoms with van der Waals surface area (Å²) in [7, 11) is 0. The molecular weight excluding hydrogens is 330 g/mol. The van der Waals surface area contributed by atoms with Crippen molar-refractivity contribution in [3.05, 3.63) is 64.7 Å². The lowest BCUT2D eigenvalue weighted by molar-refractivity contribution is 0.102. The van der Waals surface area contributed by atoms with Crippen molar-refractivity contribution in [2.75, 3.05) is 5.32 Å². The Hall–Kier alpha value is -2.77. The van der Waals surface area contributed by atoms with Crippen molar-refractivity contribution in [2.45, 2.75) is 13.5 Å². The van der Waals surface area contributed by atoms with E-state index in [4.69, 9.17) is 11.6 Å². The predicted octanol–water partition coefficient (Wildman–Crippen LogP) is 2.37. The first-order chi connectivity index (χ1) is 11.6. The summed E-state index contributed by atoms with van der Waals surface area (Å²) in [6, 6.07) is 8.79. The Balaban J connectivity index is 1.91. The lowest BCUT2D eigenvalue weighted by Gasteiger charge is -2.08. The third kappa shape index (κ3) is 2.99. The topological polar surface area (TPSA) is 92.9 Å². The number of benzene rings is 1. The maximum atomic E-state index is 12.5. The lowest BCUT2D eigenvalue weighted by Crippen LogP contribution is -2.15. The lowest BCUT2D eigenvalue weighted by atomic mass is 10.2. The van der Waals surface area contributed by atoms with Gasteiger partial charge in [-0.05, 0) is 25.1 Å². The summed E-state index contributed by atoms with van der Waals surface area (Å²) in [6.45, 7) is 1.53. The fraction of sp³-hybridized carbons (Fsp3) is 0.125. The molecule has 3 rings (SSSR count). The highest BCUT2D eigenvalue weighted by Crippen LogP contribution is 2.22. The standard InChI is InChI=1S/C16H14ClN5O2/c1-10-15(16(24)19-13-8-18-7-6-11(13)9-23)20-21-22(10)14-5-3-2-4-12(14)17/h2-8,23H,9H2,1H3,(H,19,24). The van der Waals surface area contributed by atoms with Gasteiger partial charge in [-0.15, -0.1) is 5.10 Å². The zero-order valence-corrected chi connectivity index (χ0v) is 13.5. The van der Waals surface area contributed by atoms with Crippen LogP contribution in [0.25, 0.3) is 5.69 Å². The molecule has 0 saturated carbocycles. The molecule has 0 aliphatic rings. The first-order valence-corrected chi connectivity index (χ1v) is 7.52. The number of aliphatic hydroxyl groups excluding tert-OH is 1. The molecule has 3 aromatic rings. The van der Waals surface area contributed by atoms with Crippen LogP contribution >= 0.6 is 11.6 Å². The second kappa shape index (κ2) is 6.77. The highest BCUT2D eigenvalue weighted by Gasteiger charge is 2.19. The number of hydrogen-bond acceptors (Lipinski definition) is 5. The number of carbonyl (C=O) groups excluding carboxylic acids is 1. The molecule has 0 unspecified atom stereocenters. The van der Waals surface area contributed by atoms with Crippen molar-refractivity contribution in [1.29, 1.82) is 0 Å². The van der Waals surface area contributed by atoms with Crippen molar-refractivity contribution in [3.8, 4) is 5.69 Å². The smallest absolute Gasteiger partial charge is 0.278 e. The van der Waals surface area contributed by atoms with E-state index in [0.717, 1.165) is 0 Å². The van der Waals surface area contributed by atoms with E-state index in [1.165, 1.54) is 10.9 Å². The van der Waals surface area contributed by atoms with E-state index in [1.54, 1.807) is 31.3 Å². The van der Waals surface area contributed by atoms with Gasteiger partial charge in [-0.3, -0.25) is 9.78 Å². The summed E-state index contributed by atoms with van der Waals surface area (Å²) in [5, 5.41) is 20.5. The van der Waals surface area contributed by atoms with Crippen molar-refractivity contribution >= 4 is 23.2 Å². The molecule has 122 valence electrons. The summed E-state index contributed by atoms with van der Waals surface area (Å²) < 4.78 is 1.51. The number of rotatable bonds is 4. The van der Waals surface area contributed by atoms with Crippen LogP contribution in [0.5, 0.6) is 0 Å². The van der Waals surface area contributed by atoms with Gasteiger partial charge in [0.25, 0.3) is 5.91 Å². The van der Waals surface area contributed by atoms with E-state index in [2.05, 4.69) is 20.6 Å². The van der Waals surface area contributed by atoms with Crippen LogP contribution in [0.1, 0.15) is 21.7 Å². The predicted molar refractivity (Wildman–Crippen MR) is 89.2 cm³/mol. The van der Waals surface area contributed by atoms with Gasteiger partial charge in [0.15, 0.2) is 5.69 Å². The molecule has 1 amide bonds. The third-order valence-corrected chi connectivity index (χ3v) is 3.84. The zero-order valence-electron chi connectivity index (χ0n) is 12.8. The van der Waals surface area contributed by atoms with Crippen LogP contribution in [-0.2, 0) is 6.61 Å². The van der Waals surface area contributed by atoms with E-state index in [9.17, 15) is 9.90 Å². The number of amides is 1. The molecule has 0 bridgehead atoms. The third-order valence-electron chi connectivity index (χ3n) is 3.52. The maximum Gasteiger partial charge on any atom is 0.278 e. The van der Waals surface area contributed by atoms with E-state index in [1.807, 2.05) is 12.1 Å². The summed E-state index contributed by atoms with van der Waals surface area (Å²) in [5.41, 5.74) is 2.35. The number of anilines is 1. The SMILES string of the molecule is Cc1c(C(=O)Nc2cnccc2CO)nnn1-c1ccccc1Cl. The number of hydrogen-bond donors (Lipinski definition) is 2. The van der Waals surface area contributed by atoms with Gasteiger partial charge < -0.3 is 10.4 Å². The second-order valence-electron chi connectivity index (χ2n) is 5.03. The summed E-state index contributed by atoms with van der Waals surface area (Å²) in [4.78, 5) is 16.4. The van der Waals surface area contributed by atoms with Gasteiger partial charge in [0.1, 0.15) is 0 Å². The number of aromatic nitrogens is 4. The Labute approximate surface area is 142 Å². The highest BCUT2D eigenvalue weighted by molar-refractivity contribution is 6.32. The number of para-hydroxylation sites is 1. The Morgan fingerprint density at radius 2 is 2.12 bits per heavy atom. The van der Waals surface area contributed by atoms with Gasteiger partial charge in [-0.2, -0.15) is 0 Å². The number of aliphatic hydroxyl groups is 1. The van der Waals surface area contributed by atoms with Crippen molar-refractivity contribution in [3.63, 3.8) is 0 Å². The normalized spacial score (nSPS) is 10.6. The summed E-state index contributed by atoms with van der Waals surface area (Å²) in [5.74, 6) is -0.437. The number of pyridine rings is 1. The minimum Gasteiger partial charge on any atom is -0.392 e. The average molecular weight is 344 g/mol. The van der Waals surface area contributed by atoms with Crippen molar-refractivity contribution in [2.24, 2.45) is 0 Å². The fourth-order valence-electron chi connectivity index (χ4n) is 2.25. The molecule has 7 nitrogen and oxygen atoms in total. The minimum atomic E-state index is -0.437. The molecule has 0 fully saturated rings. The highest BCUT2D eigenvalue weighted by atomic mass is 35.5. The summed E-state index contributed by atoms with van der Waals surface area (Å²) >= 11 is 6.16. The zero-order chi connectivity index (χ0) is 17.1. The molecule has 1 aromatic carbocycles. The molecule has 2 N–H and O–H groups in total. The molecule has 0 saturated heterocycles. The van der Waals surface area contributed by atoms with E-state index in [-0.39, 0.29) is 12.3 Å². The van der Waals surface area contributed by atoms with Gasteiger partial charge in [0, 0.05) is 11.8 Å². The van der Waals surface area contributed by atoms with Crippen LogP contribution in [0.3, 0.4) is 0 Å². The largest absolute Gasteiger partial charge is 0.392 e. The van der Waals surface area contributed by atoms with Crippen molar-refractivity contribution in [1.82, 2.24) is 20.0 Å². The molecule has 8 heteroatoms. The van der Waals surface area contributed by atoms with E-state index in [0.29, 0.717) is 27.7 Å². The van der Waals surface area contributed by atoms with Crippen LogP contribution in [0, 0.1) is 6.92 Å². The Morgan fingerprint density at radius 1 is 1.33 bits per heavy atom. The van der Waals surface area contributed by atoms with E-state index < -0.39 is 5.91 Å². The van der Waals surface area contributed by atoms with Crippen LogP contribution in [0.4, 0.5) is 5.69 Å². The molecule has 2 heterocycles. The fourth-order valence-corrected chi connectivity index (χ4v) is 2.46. The van der Waals surface area contributed by atoms with Gasteiger partial charge in [-0.1, -0.05) is 28.9 Å². The van der Waals surface area contributed by atoms with E-state index >= 15 is 0 Å². The van der Waals surface area contributed by atoms with Gasteiger partial charge >= 0.3 is 0 Å². The molecule has 0 spiro atoms. The molecule has 0 aliphatic carbocycles. The van der Waals surface area contributed by atoms with Crippen LogP contribution < -0.4 is 5.32 Å². The molecule has 0 aliphatic heterocycles. The quantitative estimate of drug-likeness (QED) is 0.758.